The van der Waals surface area contributed by atoms with Crippen molar-refractivity contribution < 1.29 is 19.5 Å². The second kappa shape index (κ2) is 6.85. The summed E-state index contributed by atoms with van der Waals surface area (Å²) >= 11 is 2.76. The van der Waals surface area contributed by atoms with E-state index in [0.717, 1.165) is 14.1 Å². The van der Waals surface area contributed by atoms with E-state index in [4.69, 9.17) is 0 Å². The van der Waals surface area contributed by atoms with Crippen molar-refractivity contribution in [2.24, 2.45) is 5.10 Å². The zero-order chi connectivity index (χ0) is 17.1. The highest BCUT2D eigenvalue weighted by atomic mass is 32.2. The van der Waals surface area contributed by atoms with Crippen molar-refractivity contribution in [3.05, 3.63) is 46.8 Å². The van der Waals surface area contributed by atoms with Crippen LogP contribution in [-0.4, -0.2) is 40.8 Å². The number of nitrogens with one attached hydrogen (secondary N) is 1. The van der Waals surface area contributed by atoms with Crippen LogP contribution < -0.4 is 5.32 Å². The van der Waals surface area contributed by atoms with Gasteiger partial charge in [-0.3, -0.25) is 10.1 Å². The van der Waals surface area contributed by atoms with Crippen LogP contribution in [0.2, 0.25) is 0 Å². The Labute approximate surface area is 145 Å². The number of hydrogen-bond acceptors (Lipinski definition) is 6. The van der Waals surface area contributed by atoms with Gasteiger partial charge in [-0.15, -0.1) is 11.3 Å². The fourth-order valence-corrected chi connectivity index (χ4v) is 4.04. The number of carboxylic acid groups (broad SMARTS) is 1. The molecule has 3 amide bonds. The lowest BCUT2D eigenvalue weighted by molar-refractivity contribution is -0.118. The molecule has 0 atom stereocenters. The van der Waals surface area contributed by atoms with Crippen molar-refractivity contribution >= 4 is 47.2 Å². The first-order valence-electron chi connectivity index (χ1n) is 6.78. The average Bonchev–Trinajstić information content (AvgIpc) is 3.11. The maximum Gasteiger partial charge on any atom is 0.344 e. The molecule has 7 nitrogen and oxygen atoms in total. The third-order valence-corrected chi connectivity index (χ3v) is 5.26. The monoisotopic (exact) mass is 361 g/mol. The van der Waals surface area contributed by atoms with E-state index in [1.165, 1.54) is 29.3 Å². The van der Waals surface area contributed by atoms with Gasteiger partial charge in [-0.1, -0.05) is 23.9 Å². The van der Waals surface area contributed by atoms with Crippen LogP contribution in [0.4, 0.5) is 4.79 Å². The number of amides is 3. The van der Waals surface area contributed by atoms with Crippen LogP contribution >= 0.6 is 23.1 Å². The number of hydrazone groups is 1. The van der Waals surface area contributed by atoms with E-state index in [1.54, 1.807) is 24.3 Å². The number of carboxylic acids is 1. The van der Waals surface area contributed by atoms with E-state index in [1.807, 2.05) is 12.1 Å². The molecule has 0 unspecified atom stereocenters. The van der Waals surface area contributed by atoms with Gasteiger partial charge in [0.15, 0.2) is 0 Å². The van der Waals surface area contributed by atoms with Crippen LogP contribution in [0.1, 0.15) is 15.2 Å². The Morgan fingerprint density at radius 3 is 2.79 bits per heavy atom. The molecule has 1 aliphatic rings. The summed E-state index contributed by atoms with van der Waals surface area (Å²) < 4.78 is 0.895. The third-order valence-electron chi connectivity index (χ3n) is 3.03. The van der Waals surface area contributed by atoms with Crippen molar-refractivity contribution in [3.8, 4) is 0 Å². The fourth-order valence-electron chi connectivity index (χ4n) is 1.95. The van der Waals surface area contributed by atoms with Crippen molar-refractivity contribution in [1.29, 1.82) is 0 Å². The van der Waals surface area contributed by atoms with Gasteiger partial charge in [0, 0.05) is 9.77 Å². The largest absolute Gasteiger partial charge is 0.478 e. The van der Waals surface area contributed by atoms with Crippen molar-refractivity contribution in [1.82, 2.24) is 10.3 Å². The number of imide groups is 1. The van der Waals surface area contributed by atoms with Crippen molar-refractivity contribution in [2.45, 2.75) is 9.10 Å². The first-order chi connectivity index (χ1) is 11.5. The lowest BCUT2D eigenvalue weighted by Gasteiger charge is -2.03. The number of rotatable bonds is 5. The van der Waals surface area contributed by atoms with Crippen LogP contribution in [0, 0.1) is 0 Å². The molecule has 1 aromatic carbocycles. The molecule has 9 heteroatoms. The average molecular weight is 361 g/mol. The number of nitrogens with zero attached hydrogens (tertiary/aromatic N) is 2. The molecule has 1 saturated heterocycles. The Balaban J connectivity index is 1.71. The highest BCUT2D eigenvalue weighted by Crippen LogP contribution is 2.34. The molecule has 0 spiro atoms. The Morgan fingerprint density at radius 2 is 2.08 bits per heavy atom. The summed E-state index contributed by atoms with van der Waals surface area (Å²) in [5.41, 5.74) is 0.248. The predicted octanol–water partition coefficient (Wildman–Crippen LogP) is 2.48. The van der Waals surface area contributed by atoms with Crippen LogP contribution in [0.15, 0.2) is 50.6 Å². The van der Waals surface area contributed by atoms with Gasteiger partial charge in [0.05, 0.1) is 16.0 Å². The number of hydrogen-bond donors (Lipinski definition) is 2. The summed E-state index contributed by atoms with van der Waals surface area (Å²) in [4.78, 5) is 35.1. The number of carbonyl (C=O) groups is 3. The smallest absolute Gasteiger partial charge is 0.344 e. The molecule has 24 heavy (non-hydrogen) atoms. The number of thiophene rings is 1. The van der Waals surface area contributed by atoms with Gasteiger partial charge in [-0.25, -0.2) is 14.6 Å². The maximum absolute atomic E-state index is 11.4. The van der Waals surface area contributed by atoms with E-state index in [-0.39, 0.29) is 18.0 Å². The van der Waals surface area contributed by atoms with Gasteiger partial charge in [0.2, 0.25) is 5.91 Å². The summed E-state index contributed by atoms with van der Waals surface area (Å²) in [5, 5.41) is 16.4. The molecule has 1 aliphatic heterocycles. The standard InChI is InChI=1S/C15H11N3O4S2/c19-12-8-18(15(22)17-12)16-7-9-5-6-13(23-9)24-11-4-2-1-3-10(11)14(20)21/h1-7H,8H2,(H,20,21)(H,17,19,22)/b16-7-. The minimum Gasteiger partial charge on any atom is -0.478 e. The number of carbonyl (C=O) groups excluding carboxylic acids is 2. The van der Waals surface area contributed by atoms with E-state index in [9.17, 15) is 19.5 Å². The number of benzene rings is 1. The first kappa shape index (κ1) is 16.2. The summed E-state index contributed by atoms with van der Waals surface area (Å²) in [6, 6.07) is 9.90. The molecule has 0 saturated carbocycles. The molecule has 2 N–H and O–H groups in total. The maximum atomic E-state index is 11.4. The Hall–Kier alpha value is -2.65. The summed E-state index contributed by atoms with van der Waals surface area (Å²) in [6.07, 6.45) is 1.50. The van der Waals surface area contributed by atoms with E-state index >= 15 is 0 Å². The predicted molar refractivity (Wildman–Crippen MR) is 89.7 cm³/mol. The molecule has 0 bridgehead atoms. The van der Waals surface area contributed by atoms with Gasteiger partial charge in [-0.2, -0.15) is 5.10 Å². The van der Waals surface area contributed by atoms with Crippen LogP contribution in [-0.2, 0) is 4.79 Å². The molecule has 3 rings (SSSR count). The fraction of sp³-hybridized carbons (Fsp3) is 0.0667. The normalized spacial score (nSPS) is 14.4. The number of aromatic carboxylic acids is 1. The minimum absolute atomic E-state index is 0.0890. The van der Waals surface area contributed by atoms with Crippen LogP contribution in [0.3, 0.4) is 0 Å². The Morgan fingerprint density at radius 1 is 1.29 bits per heavy atom. The van der Waals surface area contributed by atoms with Crippen molar-refractivity contribution in [2.75, 3.05) is 6.54 Å². The van der Waals surface area contributed by atoms with Gasteiger partial charge >= 0.3 is 12.0 Å². The van der Waals surface area contributed by atoms with Crippen molar-refractivity contribution in [3.63, 3.8) is 0 Å². The Kier molecular flexibility index (Phi) is 4.63. The molecule has 1 aromatic heterocycles. The third kappa shape index (κ3) is 3.63. The lowest BCUT2D eigenvalue weighted by Crippen LogP contribution is -2.24. The number of urea groups is 1. The molecule has 0 aliphatic carbocycles. The summed E-state index contributed by atoms with van der Waals surface area (Å²) in [5.74, 6) is -1.36. The van der Waals surface area contributed by atoms with E-state index in [2.05, 4.69) is 10.4 Å². The van der Waals surface area contributed by atoms with Gasteiger partial charge in [0.25, 0.3) is 0 Å². The van der Waals surface area contributed by atoms with Crippen LogP contribution in [0.25, 0.3) is 0 Å². The van der Waals surface area contributed by atoms with Crippen LogP contribution in [0.5, 0.6) is 0 Å². The zero-order valence-corrected chi connectivity index (χ0v) is 13.8. The lowest BCUT2D eigenvalue weighted by atomic mass is 10.2. The summed E-state index contributed by atoms with van der Waals surface area (Å²) in [6.45, 7) is -0.0890. The minimum atomic E-state index is -0.971. The highest BCUT2D eigenvalue weighted by molar-refractivity contribution is 8.01. The second-order valence-electron chi connectivity index (χ2n) is 4.72. The van der Waals surface area contributed by atoms with Gasteiger partial charge in [-0.05, 0) is 24.3 Å². The first-order valence-corrected chi connectivity index (χ1v) is 8.41. The zero-order valence-electron chi connectivity index (χ0n) is 12.1. The molecule has 0 radical (unpaired) electrons. The van der Waals surface area contributed by atoms with E-state index < -0.39 is 12.0 Å². The quantitative estimate of drug-likeness (QED) is 0.630. The topological polar surface area (TPSA) is 99.1 Å². The Bertz CT molecular complexity index is 847. The van der Waals surface area contributed by atoms with Gasteiger partial charge < -0.3 is 5.11 Å². The molecule has 1 fully saturated rings. The summed E-state index contributed by atoms with van der Waals surface area (Å²) in [7, 11) is 0. The van der Waals surface area contributed by atoms with E-state index in [0.29, 0.717) is 4.90 Å². The highest BCUT2D eigenvalue weighted by Gasteiger charge is 2.25. The molecular formula is C15H11N3O4S2. The second-order valence-corrected chi connectivity index (χ2v) is 7.17. The van der Waals surface area contributed by atoms with Gasteiger partial charge in [0.1, 0.15) is 6.54 Å². The molecule has 2 aromatic rings. The SMILES string of the molecule is O=C1CN(/N=C\c2ccc(Sc3ccccc3C(=O)O)s2)C(=O)N1. The molecular weight excluding hydrogens is 350 g/mol. The molecule has 122 valence electrons. The molecule has 2 heterocycles.